The number of aryl methyl sites for hydroxylation is 1. The van der Waals surface area contributed by atoms with Gasteiger partial charge >= 0.3 is 5.97 Å². The van der Waals surface area contributed by atoms with E-state index < -0.39 is 11.5 Å². The molecule has 0 aliphatic rings. The summed E-state index contributed by atoms with van der Waals surface area (Å²) in [6.45, 7) is 1.21. The van der Waals surface area contributed by atoms with Gasteiger partial charge in [-0.05, 0) is 6.07 Å². The highest BCUT2D eigenvalue weighted by atomic mass is 16.5. The van der Waals surface area contributed by atoms with E-state index in [9.17, 15) is 9.59 Å². The van der Waals surface area contributed by atoms with Crippen molar-refractivity contribution in [2.75, 3.05) is 0 Å². The Morgan fingerprint density at radius 2 is 2.29 bits per heavy atom. The van der Waals surface area contributed by atoms with Crippen molar-refractivity contribution in [3.8, 4) is 11.8 Å². The first-order chi connectivity index (χ1) is 6.56. The van der Waals surface area contributed by atoms with Gasteiger partial charge in [0, 0.05) is 20.2 Å². The van der Waals surface area contributed by atoms with Crippen molar-refractivity contribution in [1.82, 2.24) is 4.57 Å². The molecule has 0 aliphatic heterocycles. The quantitative estimate of drug-likeness (QED) is 0.595. The fourth-order valence-electron chi connectivity index (χ4n) is 0.955. The lowest BCUT2D eigenvalue weighted by Gasteiger charge is -2.03. The van der Waals surface area contributed by atoms with Crippen LogP contribution in [0.3, 0.4) is 0 Å². The normalized spacial score (nSPS) is 9.21. The lowest BCUT2D eigenvalue weighted by molar-refractivity contribution is -0.131. The average molecular weight is 192 g/mol. The van der Waals surface area contributed by atoms with E-state index in [0.717, 1.165) is 0 Å². The third-order valence-electron chi connectivity index (χ3n) is 1.60. The molecule has 0 aromatic carbocycles. The van der Waals surface area contributed by atoms with Crippen LogP contribution in [0.5, 0.6) is 5.75 Å². The lowest BCUT2D eigenvalue weighted by Crippen LogP contribution is -2.20. The summed E-state index contributed by atoms with van der Waals surface area (Å²) in [6, 6.07) is 3.10. The van der Waals surface area contributed by atoms with Gasteiger partial charge in [-0.2, -0.15) is 5.26 Å². The number of ether oxygens (including phenoxy) is 1. The van der Waals surface area contributed by atoms with E-state index in [2.05, 4.69) is 0 Å². The van der Waals surface area contributed by atoms with Crippen LogP contribution in [-0.2, 0) is 11.8 Å². The number of rotatable bonds is 1. The molecule has 0 bridgehead atoms. The number of nitrogens with zero attached hydrogens (tertiary/aromatic N) is 2. The van der Waals surface area contributed by atoms with Crippen molar-refractivity contribution in [2.45, 2.75) is 6.92 Å². The van der Waals surface area contributed by atoms with Gasteiger partial charge in [0.1, 0.15) is 6.07 Å². The molecule has 1 aromatic heterocycles. The Morgan fingerprint density at radius 3 is 2.79 bits per heavy atom. The molecule has 0 saturated carbocycles. The summed E-state index contributed by atoms with van der Waals surface area (Å²) in [6.07, 6.45) is 1.43. The zero-order valence-electron chi connectivity index (χ0n) is 7.77. The largest absolute Gasteiger partial charge is 0.425 e. The monoisotopic (exact) mass is 192 g/mol. The van der Waals surface area contributed by atoms with E-state index in [0.29, 0.717) is 0 Å². The summed E-state index contributed by atoms with van der Waals surface area (Å²) in [5.41, 5.74) is -0.642. The van der Waals surface area contributed by atoms with Gasteiger partial charge in [0.15, 0.2) is 11.3 Å². The SMILES string of the molecule is CC(=O)Oc1ccn(C)c(=O)c1C#N. The van der Waals surface area contributed by atoms with Crippen molar-refractivity contribution in [1.29, 1.82) is 5.26 Å². The second kappa shape index (κ2) is 3.75. The Hall–Kier alpha value is -2.09. The molecule has 0 aliphatic carbocycles. The highest BCUT2D eigenvalue weighted by Crippen LogP contribution is 2.12. The van der Waals surface area contributed by atoms with Crippen molar-refractivity contribution >= 4 is 5.97 Å². The fourth-order valence-corrected chi connectivity index (χ4v) is 0.955. The average Bonchev–Trinajstić information content (AvgIpc) is 2.11. The van der Waals surface area contributed by atoms with Crippen LogP contribution in [0.25, 0.3) is 0 Å². The predicted molar refractivity (Wildman–Crippen MR) is 47.7 cm³/mol. The summed E-state index contributed by atoms with van der Waals surface area (Å²) in [5, 5.41) is 8.68. The Balaban J connectivity index is 3.33. The number of nitriles is 1. The number of pyridine rings is 1. The Labute approximate surface area is 80.1 Å². The third-order valence-corrected chi connectivity index (χ3v) is 1.60. The highest BCUT2D eigenvalue weighted by Gasteiger charge is 2.10. The number of aromatic nitrogens is 1. The van der Waals surface area contributed by atoms with Crippen LogP contribution in [0.4, 0.5) is 0 Å². The summed E-state index contributed by atoms with van der Waals surface area (Å²) in [7, 11) is 1.51. The lowest BCUT2D eigenvalue weighted by atomic mass is 10.3. The molecule has 5 heteroatoms. The van der Waals surface area contributed by atoms with Crippen LogP contribution in [0, 0.1) is 11.3 Å². The van der Waals surface area contributed by atoms with Gasteiger partial charge in [-0.1, -0.05) is 0 Å². The molecule has 1 aromatic rings. The van der Waals surface area contributed by atoms with Crippen LogP contribution in [-0.4, -0.2) is 10.5 Å². The maximum Gasteiger partial charge on any atom is 0.308 e. The van der Waals surface area contributed by atoms with E-state index in [4.69, 9.17) is 10.00 Å². The number of carbonyl (C=O) groups excluding carboxylic acids is 1. The minimum absolute atomic E-state index is 0.00287. The Kier molecular flexibility index (Phi) is 2.67. The minimum atomic E-state index is -0.560. The molecular weight excluding hydrogens is 184 g/mol. The number of esters is 1. The van der Waals surface area contributed by atoms with Crippen molar-refractivity contribution in [3.63, 3.8) is 0 Å². The first-order valence-electron chi connectivity index (χ1n) is 3.84. The highest BCUT2D eigenvalue weighted by molar-refractivity contribution is 5.70. The zero-order chi connectivity index (χ0) is 10.7. The van der Waals surface area contributed by atoms with E-state index in [-0.39, 0.29) is 11.3 Å². The van der Waals surface area contributed by atoms with Crippen molar-refractivity contribution in [2.24, 2.45) is 7.05 Å². The predicted octanol–water partition coefficient (Wildman–Crippen LogP) is 0.182. The number of carbonyl (C=O) groups is 1. The van der Waals surface area contributed by atoms with E-state index in [1.807, 2.05) is 0 Å². The summed E-state index contributed by atoms with van der Waals surface area (Å²) in [4.78, 5) is 22.0. The topological polar surface area (TPSA) is 72.1 Å². The number of hydrogen-bond donors (Lipinski definition) is 0. The third kappa shape index (κ3) is 1.80. The molecule has 0 unspecified atom stereocenters. The molecule has 0 fully saturated rings. The van der Waals surface area contributed by atoms with E-state index in [1.165, 1.54) is 30.8 Å². The Morgan fingerprint density at radius 1 is 1.64 bits per heavy atom. The zero-order valence-corrected chi connectivity index (χ0v) is 7.77. The molecule has 0 spiro atoms. The van der Waals surface area contributed by atoms with Gasteiger partial charge in [-0.15, -0.1) is 0 Å². The van der Waals surface area contributed by atoms with Crippen molar-refractivity contribution < 1.29 is 9.53 Å². The van der Waals surface area contributed by atoms with Gasteiger partial charge in [0.25, 0.3) is 5.56 Å². The van der Waals surface area contributed by atoms with Gasteiger partial charge in [-0.25, -0.2) is 0 Å². The first-order valence-corrected chi connectivity index (χ1v) is 3.84. The van der Waals surface area contributed by atoms with Crippen LogP contribution in [0.1, 0.15) is 12.5 Å². The van der Waals surface area contributed by atoms with Crippen LogP contribution >= 0.6 is 0 Å². The maximum absolute atomic E-state index is 11.4. The van der Waals surface area contributed by atoms with Gasteiger partial charge in [0.05, 0.1) is 0 Å². The van der Waals surface area contributed by atoms with Gasteiger partial charge in [-0.3, -0.25) is 9.59 Å². The number of hydrogen-bond acceptors (Lipinski definition) is 4. The van der Waals surface area contributed by atoms with E-state index in [1.54, 1.807) is 6.07 Å². The maximum atomic E-state index is 11.4. The molecule has 0 radical (unpaired) electrons. The van der Waals surface area contributed by atoms with E-state index >= 15 is 0 Å². The standard InChI is InChI=1S/C9H8N2O3/c1-6(12)14-8-3-4-11(2)9(13)7(8)5-10/h3-4H,1-2H3. The van der Waals surface area contributed by atoms with Crippen LogP contribution in [0.15, 0.2) is 17.1 Å². The molecule has 0 saturated heterocycles. The second-order valence-electron chi connectivity index (χ2n) is 2.68. The Bertz CT molecular complexity index is 468. The molecule has 0 N–H and O–H groups in total. The fraction of sp³-hybridized carbons (Fsp3) is 0.222. The summed E-state index contributed by atoms with van der Waals surface area (Å²) >= 11 is 0. The van der Waals surface area contributed by atoms with Crippen LogP contribution in [0.2, 0.25) is 0 Å². The molecule has 5 nitrogen and oxygen atoms in total. The first kappa shape index (κ1) is 9.99. The second-order valence-corrected chi connectivity index (χ2v) is 2.68. The smallest absolute Gasteiger partial charge is 0.308 e. The molecule has 14 heavy (non-hydrogen) atoms. The molecule has 72 valence electrons. The summed E-state index contributed by atoms with van der Waals surface area (Å²) in [5.74, 6) is -0.558. The molecule has 0 amide bonds. The molecular formula is C9H8N2O3. The van der Waals surface area contributed by atoms with Crippen LogP contribution < -0.4 is 10.3 Å². The molecule has 0 atom stereocenters. The van der Waals surface area contributed by atoms with Gasteiger partial charge in [0.2, 0.25) is 0 Å². The van der Waals surface area contributed by atoms with Crippen molar-refractivity contribution in [3.05, 3.63) is 28.2 Å². The summed E-state index contributed by atoms with van der Waals surface area (Å²) < 4.78 is 5.94. The molecule has 1 rings (SSSR count). The van der Waals surface area contributed by atoms with Gasteiger partial charge < -0.3 is 9.30 Å². The minimum Gasteiger partial charge on any atom is -0.425 e. The molecule has 1 heterocycles.